The molecule has 0 unspecified atom stereocenters. The molecule has 1 aliphatic heterocycles. The second kappa shape index (κ2) is 8.24. The second-order valence-corrected chi connectivity index (χ2v) is 6.65. The minimum absolute atomic E-state index is 0.0206. The fraction of sp³-hybridized carbons (Fsp3) is 0.647. The number of amides is 1. The van der Waals surface area contributed by atoms with E-state index in [-0.39, 0.29) is 17.9 Å². The number of piperidine rings is 1. The van der Waals surface area contributed by atoms with E-state index in [9.17, 15) is 4.79 Å². The molecule has 1 atom stereocenters. The number of ether oxygens (including phenoxy) is 1. The highest BCUT2D eigenvalue weighted by Gasteiger charge is 2.27. The molecule has 0 aromatic carbocycles. The Kier molecular flexibility index (Phi) is 5.80. The zero-order valence-corrected chi connectivity index (χ0v) is 14.9. The lowest BCUT2D eigenvalue weighted by atomic mass is 9.97. The maximum absolute atomic E-state index is 12.5. The molecule has 8 nitrogen and oxygen atoms in total. The van der Waals surface area contributed by atoms with Gasteiger partial charge in [0.1, 0.15) is 11.8 Å². The Morgan fingerprint density at radius 3 is 3.16 bits per heavy atom. The fourth-order valence-corrected chi connectivity index (χ4v) is 3.12. The molecule has 1 aliphatic rings. The third-order valence-electron chi connectivity index (χ3n) is 4.37. The lowest BCUT2D eigenvalue weighted by Crippen LogP contribution is -2.43. The van der Waals surface area contributed by atoms with Gasteiger partial charge in [-0.25, -0.2) is 15.0 Å². The van der Waals surface area contributed by atoms with Crippen LogP contribution in [0.3, 0.4) is 0 Å². The highest BCUT2D eigenvalue weighted by molar-refractivity contribution is 5.84. The third kappa shape index (κ3) is 4.45. The van der Waals surface area contributed by atoms with Crippen molar-refractivity contribution in [3.8, 4) is 0 Å². The number of hydrogen-bond acceptors (Lipinski definition) is 6. The first kappa shape index (κ1) is 17.6. The molecular weight excluding hydrogens is 320 g/mol. The van der Waals surface area contributed by atoms with E-state index in [1.54, 1.807) is 6.33 Å². The summed E-state index contributed by atoms with van der Waals surface area (Å²) in [6.07, 6.45) is 6.08. The van der Waals surface area contributed by atoms with E-state index < -0.39 is 0 Å². The summed E-state index contributed by atoms with van der Waals surface area (Å²) in [4.78, 5) is 30.4. The number of carbonyl (C=O) groups excluding carboxylic acids is 1. The molecule has 1 saturated heterocycles. The summed E-state index contributed by atoms with van der Waals surface area (Å²) in [6, 6.07) is 0. The van der Waals surface area contributed by atoms with Gasteiger partial charge in [0.15, 0.2) is 11.5 Å². The van der Waals surface area contributed by atoms with Gasteiger partial charge in [0.25, 0.3) is 0 Å². The first-order valence-corrected chi connectivity index (χ1v) is 8.93. The number of aromatic amines is 1. The number of H-pyrrole nitrogens is 1. The van der Waals surface area contributed by atoms with Crippen LogP contribution in [-0.4, -0.2) is 58.2 Å². The van der Waals surface area contributed by atoms with Crippen molar-refractivity contribution < 1.29 is 9.53 Å². The van der Waals surface area contributed by atoms with Crippen LogP contribution < -0.4 is 10.2 Å². The number of imidazole rings is 1. The molecule has 1 fully saturated rings. The number of nitrogens with one attached hydrogen (secondary N) is 2. The van der Waals surface area contributed by atoms with Gasteiger partial charge in [-0.1, -0.05) is 0 Å². The smallest absolute Gasteiger partial charge is 0.224 e. The average molecular weight is 346 g/mol. The standard InChI is InChI=1S/C17H26N6O2/c1-12(2)25-8-4-6-18-17(24)13-5-3-7-23(9-13)16-14-15(20-10-19-14)21-11-22-16/h10-13H,3-9H2,1-2H3,(H,18,24)(H,19,20,21,22)/t13-/m0/s1. The SMILES string of the molecule is CC(C)OCCCNC(=O)[C@H]1CCCN(c2ncnc3nc[nH]c23)C1. The number of anilines is 1. The quantitative estimate of drug-likeness (QED) is 0.738. The van der Waals surface area contributed by atoms with Crippen molar-refractivity contribution in [3.63, 3.8) is 0 Å². The van der Waals surface area contributed by atoms with Gasteiger partial charge in [-0.15, -0.1) is 0 Å². The molecule has 136 valence electrons. The summed E-state index contributed by atoms with van der Waals surface area (Å²) in [6.45, 7) is 6.91. The van der Waals surface area contributed by atoms with Crippen molar-refractivity contribution >= 4 is 22.9 Å². The Balaban J connectivity index is 1.54. The van der Waals surface area contributed by atoms with Crippen LogP contribution in [0.4, 0.5) is 5.82 Å². The fourth-order valence-electron chi connectivity index (χ4n) is 3.12. The molecule has 1 amide bonds. The van der Waals surface area contributed by atoms with Crippen molar-refractivity contribution in [1.29, 1.82) is 0 Å². The minimum Gasteiger partial charge on any atom is -0.379 e. The van der Waals surface area contributed by atoms with Gasteiger partial charge in [-0.05, 0) is 33.1 Å². The van der Waals surface area contributed by atoms with Gasteiger partial charge in [0.2, 0.25) is 5.91 Å². The van der Waals surface area contributed by atoms with Crippen LogP contribution >= 0.6 is 0 Å². The largest absolute Gasteiger partial charge is 0.379 e. The Hall–Kier alpha value is -2.22. The van der Waals surface area contributed by atoms with Gasteiger partial charge in [0.05, 0.1) is 18.3 Å². The van der Waals surface area contributed by atoms with Crippen molar-refractivity contribution in [2.45, 2.75) is 39.2 Å². The highest BCUT2D eigenvalue weighted by atomic mass is 16.5. The Morgan fingerprint density at radius 2 is 2.32 bits per heavy atom. The van der Waals surface area contributed by atoms with Gasteiger partial charge >= 0.3 is 0 Å². The van der Waals surface area contributed by atoms with Gasteiger partial charge in [0, 0.05) is 26.2 Å². The monoisotopic (exact) mass is 346 g/mol. The molecule has 0 spiro atoms. The molecule has 2 aromatic heterocycles. The van der Waals surface area contributed by atoms with E-state index in [1.807, 2.05) is 13.8 Å². The van der Waals surface area contributed by atoms with E-state index in [2.05, 4.69) is 30.2 Å². The maximum atomic E-state index is 12.5. The van der Waals surface area contributed by atoms with Crippen molar-refractivity contribution in [2.75, 3.05) is 31.1 Å². The summed E-state index contributed by atoms with van der Waals surface area (Å²) in [7, 11) is 0. The predicted octanol–water partition coefficient (Wildman–Crippen LogP) is 1.50. The molecular formula is C17H26N6O2. The Labute approximate surface area is 147 Å². The minimum atomic E-state index is -0.0206. The van der Waals surface area contributed by atoms with Crippen molar-refractivity contribution in [1.82, 2.24) is 25.3 Å². The molecule has 2 N–H and O–H groups in total. The lowest BCUT2D eigenvalue weighted by molar-refractivity contribution is -0.125. The van der Waals surface area contributed by atoms with E-state index in [0.29, 0.717) is 25.3 Å². The summed E-state index contributed by atoms with van der Waals surface area (Å²) in [5.41, 5.74) is 1.48. The Bertz CT molecular complexity index is 701. The first-order chi connectivity index (χ1) is 12.1. The summed E-state index contributed by atoms with van der Waals surface area (Å²) < 4.78 is 5.49. The number of aromatic nitrogens is 4. The molecule has 3 rings (SSSR count). The van der Waals surface area contributed by atoms with Crippen molar-refractivity contribution in [2.24, 2.45) is 5.92 Å². The zero-order valence-electron chi connectivity index (χ0n) is 14.9. The molecule has 3 heterocycles. The molecule has 8 heteroatoms. The van der Waals surface area contributed by atoms with Crippen LogP contribution in [0.1, 0.15) is 33.1 Å². The predicted molar refractivity (Wildman–Crippen MR) is 95.3 cm³/mol. The van der Waals surface area contributed by atoms with Crippen LogP contribution in [0, 0.1) is 5.92 Å². The van der Waals surface area contributed by atoms with Crippen LogP contribution in [0.15, 0.2) is 12.7 Å². The topological polar surface area (TPSA) is 96.0 Å². The number of carbonyl (C=O) groups is 1. The van der Waals surface area contributed by atoms with E-state index in [4.69, 9.17) is 4.74 Å². The van der Waals surface area contributed by atoms with Crippen molar-refractivity contribution in [3.05, 3.63) is 12.7 Å². The lowest BCUT2D eigenvalue weighted by Gasteiger charge is -2.32. The first-order valence-electron chi connectivity index (χ1n) is 8.93. The number of fused-ring (bicyclic) bond motifs is 1. The van der Waals surface area contributed by atoms with Crippen LogP contribution in [0.25, 0.3) is 11.2 Å². The Morgan fingerprint density at radius 1 is 1.44 bits per heavy atom. The summed E-state index contributed by atoms with van der Waals surface area (Å²) in [5, 5.41) is 3.03. The normalized spacial score (nSPS) is 18.0. The maximum Gasteiger partial charge on any atom is 0.224 e. The van der Waals surface area contributed by atoms with E-state index >= 15 is 0 Å². The van der Waals surface area contributed by atoms with E-state index in [0.717, 1.165) is 37.1 Å². The van der Waals surface area contributed by atoms with Gasteiger partial charge in [-0.2, -0.15) is 0 Å². The number of nitrogens with zero attached hydrogens (tertiary/aromatic N) is 4. The van der Waals surface area contributed by atoms with E-state index in [1.165, 1.54) is 6.33 Å². The second-order valence-electron chi connectivity index (χ2n) is 6.65. The number of rotatable bonds is 7. The number of hydrogen-bond donors (Lipinski definition) is 2. The molecule has 0 bridgehead atoms. The van der Waals surface area contributed by atoms with Gasteiger partial charge in [-0.3, -0.25) is 4.79 Å². The van der Waals surface area contributed by atoms with Crippen LogP contribution in [0.2, 0.25) is 0 Å². The third-order valence-corrected chi connectivity index (χ3v) is 4.37. The van der Waals surface area contributed by atoms with Crippen LogP contribution in [0.5, 0.6) is 0 Å². The molecule has 2 aromatic rings. The summed E-state index contributed by atoms with van der Waals surface area (Å²) >= 11 is 0. The summed E-state index contributed by atoms with van der Waals surface area (Å²) in [5.74, 6) is 0.919. The molecule has 25 heavy (non-hydrogen) atoms. The van der Waals surface area contributed by atoms with Gasteiger partial charge < -0.3 is 19.9 Å². The molecule has 0 saturated carbocycles. The average Bonchev–Trinajstić information content (AvgIpc) is 3.10. The molecule has 0 radical (unpaired) electrons. The molecule has 0 aliphatic carbocycles. The zero-order chi connectivity index (χ0) is 17.6. The van der Waals surface area contributed by atoms with Crippen LogP contribution in [-0.2, 0) is 9.53 Å². The highest BCUT2D eigenvalue weighted by Crippen LogP contribution is 2.25.